The van der Waals surface area contributed by atoms with E-state index in [1.165, 1.54) is 0 Å². The second-order valence-electron chi connectivity index (χ2n) is 4.97. The number of Topliss-reactive ketones (excluding diaryl/α,β-unsaturated/α-hetero) is 1. The first-order valence-electron chi connectivity index (χ1n) is 5.61. The molecule has 0 bridgehead atoms. The highest BCUT2D eigenvalue weighted by atomic mass is 32.1. The lowest BCUT2D eigenvalue weighted by Gasteiger charge is -2.18. The molecule has 0 saturated carbocycles. The standard InChI is InChI=1S/C14H16O2S/c1-14(2,3)16-9-12(15)11-6-4-5-10-7-8-17-13(10)11/h4-8H,9H2,1-3H3. The van der Waals surface area contributed by atoms with E-state index in [9.17, 15) is 4.79 Å². The van der Waals surface area contributed by atoms with Crippen LogP contribution in [0.4, 0.5) is 0 Å². The van der Waals surface area contributed by atoms with Crippen molar-refractivity contribution in [3.05, 3.63) is 35.2 Å². The van der Waals surface area contributed by atoms with Gasteiger partial charge in [0.15, 0.2) is 5.78 Å². The molecular weight excluding hydrogens is 232 g/mol. The Morgan fingerprint density at radius 3 is 2.76 bits per heavy atom. The summed E-state index contributed by atoms with van der Waals surface area (Å²) in [6, 6.07) is 7.83. The van der Waals surface area contributed by atoms with E-state index < -0.39 is 0 Å². The van der Waals surface area contributed by atoms with Crippen LogP contribution in [-0.2, 0) is 4.74 Å². The van der Waals surface area contributed by atoms with Crippen LogP contribution in [0.3, 0.4) is 0 Å². The molecule has 2 aromatic rings. The Labute approximate surface area is 105 Å². The van der Waals surface area contributed by atoms with E-state index in [2.05, 4.69) is 0 Å². The van der Waals surface area contributed by atoms with Crippen molar-refractivity contribution in [1.82, 2.24) is 0 Å². The molecule has 1 aromatic heterocycles. The quantitative estimate of drug-likeness (QED) is 0.770. The molecule has 1 heterocycles. The molecule has 0 radical (unpaired) electrons. The highest BCUT2D eigenvalue weighted by Crippen LogP contribution is 2.25. The predicted octanol–water partition coefficient (Wildman–Crippen LogP) is 3.90. The third kappa shape index (κ3) is 2.93. The second-order valence-corrected chi connectivity index (χ2v) is 5.88. The first kappa shape index (κ1) is 12.3. The van der Waals surface area contributed by atoms with Gasteiger partial charge in [0.1, 0.15) is 6.61 Å². The summed E-state index contributed by atoms with van der Waals surface area (Å²) in [4.78, 5) is 12.1. The van der Waals surface area contributed by atoms with Crippen molar-refractivity contribution >= 4 is 27.2 Å². The van der Waals surface area contributed by atoms with Crippen molar-refractivity contribution in [2.75, 3.05) is 6.61 Å². The zero-order valence-electron chi connectivity index (χ0n) is 10.3. The summed E-state index contributed by atoms with van der Waals surface area (Å²) < 4.78 is 6.58. The summed E-state index contributed by atoms with van der Waals surface area (Å²) in [6.45, 7) is 5.99. The van der Waals surface area contributed by atoms with Gasteiger partial charge in [0, 0.05) is 10.3 Å². The Morgan fingerprint density at radius 1 is 1.29 bits per heavy atom. The number of ether oxygens (including phenoxy) is 1. The SMILES string of the molecule is CC(C)(C)OCC(=O)c1cccc2ccsc12. The van der Waals surface area contributed by atoms with Gasteiger partial charge in [-0.1, -0.05) is 12.1 Å². The Kier molecular flexibility index (Phi) is 3.31. The number of rotatable bonds is 3. The molecule has 0 spiro atoms. The van der Waals surface area contributed by atoms with E-state index in [1.807, 2.05) is 50.4 Å². The lowest BCUT2D eigenvalue weighted by atomic mass is 10.1. The van der Waals surface area contributed by atoms with Gasteiger partial charge < -0.3 is 4.74 Å². The van der Waals surface area contributed by atoms with Gasteiger partial charge >= 0.3 is 0 Å². The van der Waals surface area contributed by atoms with Gasteiger partial charge in [0.05, 0.1) is 5.60 Å². The fourth-order valence-corrected chi connectivity index (χ4v) is 2.50. The molecule has 3 heteroatoms. The van der Waals surface area contributed by atoms with E-state index in [1.54, 1.807) is 11.3 Å². The van der Waals surface area contributed by atoms with Gasteiger partial charge in [-0.3, -0.25) is 4.79 Å². The molecule has 0 amide bonds. The van der Waals surface area contributed by atoms with E-state index in [-0.39, 0.29) is 18.0 Å². The van der Waals surface area contributed by atoms with E-state index in [0.29, 0.717) is 0 Å². The molecule has 0 fully saturated rings. The Bertz CT molecular complexity index is 534. The number of thiophene rings is 1. The summed E-state index contributed by atoms with van der Waals surface area (Å²) in [5, 5.41) is 3.13. The average molecular weight is 248 g/mol. The minimum Gasteiger partial charge on any atom is -0.368 e. The summed E-state index contributed by atoms with van der Waals surface area (Å²) in [6.07, 6.45) is 0. The Balaban J connectivity index is 2.22. The summed E-state index contributed by atoms with van der Waals surface area (Å²) in [7, 11) is 0. The molecule has 2 rings (SSSR count). The van der Waals surface area contributed by atoms with Crippen LogP contribution in [0.2, 0.25) is 0 Å². The molecule has 0 atom stereocenters. The third-order valence-electron chi connectivity index (χ3n) is 2.42. The maximum Gasteiger partial charge on any atom is 0.189 e. The minimum absolute atomic E-state index is 0.0491. The van der Waals surface area contributed by atoms with Crippen molar-refractivity contribution in [1.29, 1.82) is 0 Å². The van der Waals surface area contributed by atoms with E-state index >= 15 is 0 Å². The topological polar surface area (TPSA) is 26.3 Å². The van der Waals surface area contributed by atoms with Gasteiger partial charge in [-0.2, -0.15) is 0 Å². The number of carbonyl (C=O) groups excluding carboxylic acids is 1. The molecule has 2 nitrogen and oxygen atoms in total. The lowest BCUT2D eigenvalue weighted by molar-refractivity contribution is 0.00314. The molecule has 1 aromatic carbocycles. The van der Waals surface area contributed by atoms with Crippen LogP contribution in [0.25, 0.3) is 10.1 Å². The molecule has 0 N–H and O–H groups in total. The molecule has 17 heavy (non-hydrogen) atoms. The van der Waals surface area contributed by atoms with Crippen LogP contribution in [0, 0.1) is 0 Å². The molecular formula is C14H16O2S. The van der Waals surface area contributed by atoms with Crippen LogP contribution in [0.5, 0.6) is 0 Å². The Morgan fingerprint density at radius 2 is 2.06 bits per heavy atom. The maximum atomic E-state index is 12.1. The van der Waals surface area contributed by atoms with Crippen LogP contribution in [-0.4, -0.2) is 18.0 Å². The van der Waals surface area contributed by atoms with Crippen molar-refractivity contribution < 1.29 is 9.53 Å². The van der Waals surface area contributed by atoms with Crippen LogP contribution in [0.1, 0.15) is 31.1 Å². The number of carbonyl (C=O) groups is 1. The van der Waals surface area contributed by atoms with Crippen molar-refractivity contribution in [2.45, 2.75) is 26.4 Å². The highest BCUT2D eigenvalue weighted by Gasteiger charge is 2.16. The minimum atomic E-state index is -0.279. The van der Waals surface area contributed by atoms with Gasteiger partial charge in [-0.15, -0.1) is 11.3 Å². The van der Waals surface area contributed by atoms with Crippen molar-refractivity contribution in [2.24, 2.45) is 0 Å². The fourth-order valence-electron chi connectivity index (χ4n) is 1.57. The van der Waals surface area contributed by atoms with Gasteiger partial charge in [0.2, 0.25) is 0 Å². The van der Waals surface area contributed by atoms with Crippen LogP contribution >= 0.6 is 11.3 Å². The smallest absolute Gasteiger partial charge is 0.189 e. The summed E-state index contributed by atoms with van der Waals surface area (Å²) in [5.74, 6) is 0.0491. The summed E-state index contributed by atoms with van der Waals surface area (Å²) in [5.41, 5.74) is 0.487. The summed E-state index contributed by atoms with van der Waals surface area (Å²) >= 11 is 1.60. The zero-order chi connectivity index (χ0) is 12.5. The van der Waals surface area contributed by atoms with E-state index in [4.69, 9.17) is 4.74 Å². The normalized spacial score (nSPS) is 11.9. The van der Waals surface area contributed by atoms with Crippen molar-refractivity contribution in [3.8, 4) is 0 Å². The highest BCUT2D eigenvalue weighted by molar-refractivity contribution is 7.17. The van der Waals surface area contributed by atoms with Crippen molar-refractivity contribution in [3.63, 3.8) is 0 Å². The van der Waals surface area contributed by atoms with Gasteiger partial charge in [0.25, 0.3) is 0 Å². The molecule has 0 aliphatic carbocycles. The zero-order valence-corrected chi connectivity index (χ0v) is 11.1. The molecule has 0 unspecified atom stereocenters. The maximum absolute atomic E-state index is 12.1. The molecule has 90 valence electrons. The number of hydrogen-bond acceptors (Lipinski definition) is 3. The molecule has 0 aliphatic heterocycles. The van der Waals surface area contributed by atoms with Crippen LogP contribution in [0.15, 0.2) is 29.6 Å². The second kappa shape index (κ2) is 4.59. The fraction of sp³-hybridized carbons (Fsp3) is 0.357. The third-order valence-corrected chi connectivity index (χ3v) is 3.38. The number of benzene rings is 1. The Hall–Kier alpha value is -1.19. The monoisotopic (exact) mass is 248 g/mol. The number of fused-ring (bicyclic) bond motifs is 1. The number of ketones is 1. The van der Waals surface area contributed by atoms with Gasteiger partial charge in [-0.25, -0.2) is 0 Å². The first-order valence-corrected chi connectivity index (χ1v) is 6.49. The lowest BCUT2D eigenvalue weighted by Crippen LogP contribution is -2.23. The van der Waals surface area contributed by atoms with Crippen LogP contribution < -0.4 is 0 Å². The van der Waals surface area contributed by atoms with E-state index in [0.717, 1.165) is 15.6 Å². The van der Waals surface area contributed by atoms with Gasteiger partial charge in [-0.05, 0) is 43.7 Å². The number of hydrogen-bond donors (Lipinski definition) is 0. The predicted molar refractivity (Wildman–Crippen MR) is 71.9 cm³/mol. The molecule has 0 saturated heterocycles. The average Bonchev–Trinajstić information content (AvgIpc) is 2.72. The first-order chi connectivity index (χ1) is 7.97. The largest absolute Gasteiger partial charge is 0.368 e. The molecule has 0 aliphatic rings.